The van der Waals surface area contributed by atoms with Gasteiger partial charge in [0, 0.05) is 16.6 Å². The lowest BCUT2D eigenvalue weighted by Gasteiger charge is -2.13. The van der Waals surface area contributed by atoms with Crippen molar-refractivity contribution in [3.63, 3.8) is 0 Å². The number of hydrogen-bond donors (Lipinski definition) is 1. The predicted molar refractivity (Wildman–Crippen MR) is 89.2 cm³/mol. The normalized spacial score (nSPS) is 13.5. The highest BCUT2D eigenvalue weighted by atomic mass is 32.2. The summed E-state index contributed by atoms with van der Waals surface area (Å²) >= 11 is 0. The van der Waals surface area contributed by atoms with Gasteiger partial charge in [-0.2, -0.15) is 0 Å². The van der Waals surface area contributed by atoms with E-state index < -0.39 is 22.0 Å². The van der Waals surface area contributed by atoms with E-state index in [1.54, 1.807) is 0 Å². The smallest absolute Gasteiger partial charge is 0.319 e. The van der Waals surface area contributed by atoms with Crippen LogP contribution in [0.3, 0.4) is 0 Å². The van der Waals surface area contributed by atoms with Gasteiger partial charge in [0.25, 0.3) is 0 Å². The quantitative estimate of drug-likeness (QED) is 0.852. The van der Waals surface area contributed by atoms with E-state index in [1.165, 1.54) is 0 Å². The fourth-order valence-electron chi connectivity index (χ4n) is 2.34. The Hall–Kier alpha value is -1.94. The van der Waals surface area contributed by atoms with Crippen LogP contribution < -0.4 is 0 Å². The Labute approximate surface area is 133 Å². The fourth-order valence-corrected chi connectivity index (χ4v) is 3.77. The van der Waals surface area contributed by atoms with Crippen molar-refractivity contribution in [1.29, 1.82) is 0 Å². The molecule has 0 amide bonds. The lowest BCUT2D eigenvalue weighted by molar-refractivity contribution is -0.136. The van der Waals surface area contributed by atoms with Crippen LogP contribution in [0.25, 0.3) is 0 Å². The summed E-state index contributed by atoms with van der Waals surface area (Å²) in [5.41, 5.74) is 3.07. The van der Waals surface area contributed by atoms with Crippen molar-refractivity contribution >= 4 is 16.8 Å². The topological polar surface area (TPSA) is 54.4 Å². The molecule has 2 rings (SSSR count). The molecule has 0 aliphatic heterocycles. The summed E-state index contributed by atoms with van der Waals surface area (Å²) in [6, 6.07) is 17.4. The molecule has 0 heterocycles. The maximum Gasteiger partial charge on any atom is 0.319 e. The van der Waals surface area contributed by atoms with Crippen LogP contribution in [0, 0.1) is 6.92 Å². The van der Waals surface area contributed by atoms with Gasteiger partial charge in [-0.05, 0) is 36.5 Å². The van der Waals surface area contributed by atoms with Gasteiger partial charge >= 0.3 is 5.97 Å². The van der Waals surface area contributed by atoms with Crippen molar-refractivity contribution in [1.82, 2.24) is 0 Å². The van der Waals surface area contributed by atoms with Gasteiger partial charge in [0.2, 0.25) is 0 Å². The first kappa shape index (κ1) is 16.4. The summed E-state index contributed by atoms with van der Waals surface area (Å²) in [6.45, 7) is 1.95. The molecule has 1 N–H and O–H groups in total. The molecule has 3 nitrogen and oxygen atoms in total. The Morgan fingerprint density at radius 2 is 1.73 bits per heavy atom. The third-order valence-corrected chi connectivity index (χ3v) is 5.36. The van der Waals surface area contributed by atoms with Crippen LogP contribution in [0.4, 0.5) is 0 Å². The molecule has 0 bridgehead atoms. The van der Waals surface area contributed by atoms with Crippen molar-refractivity contribution in [2.75, 3.05) is 0 Å². The van der Waals surface area contributed by atoms with Crippen molar-refractivity contribution in [3.05, 3.63) is 71.3 Å². The summed E-state index contributed by atoms with van der Waals surface area (Å²) in [7, 11) is -1.42. The molecule has 22 heavy (non-hydrogen) atoms. The molecule has 0 saturated heterocycles. The number of hydrogen-bond acceptors (Lipinski definition) is 2. The van der Waals surface area contributed by atoms with E-state index in [4.69, 9.17) is 0 Å². The van der Waals surface area contributed by atoms with Crippen LogP contribution in [0.15, 0.2) is 54.6 Å². The zero-order valence-corrected chi connectivity index (χ0v) is 13.4. The minimum atomic E-state index is -1.42. The molecule has 4 heteroatoms. The van der Waals surface area contributed by atoms with Gasteiger partial charge in [-0.1, -0.05) is 54.6 Å². The molecule has 0 radical (unpaired) electrons. The molecule has 2 atom stereocenters. The van der Waals surface area contributed by atoms with Gasteiger partial charge in [-0.15, -0.1) is 0 Å². The molecule has 2 aromatic rings. The van der Waals surface area contributed by atoms with Crippen LogP contribution in [0.5, 0.6) is 0 Å². The van der Waals surface area contributed by atoms with E-state index in [0.29, 0.717) is 18.6 Å². The second-order valence-corrected chi connectivity index (χ2v) is 6.92. The minimum Gasteiger partial charge on any atom is -0.480 e. The van der Waals surface area contributed by atoms with E-state index >= 15 is 0 Å². The summed E-state index contributed by atoms with van der Waals surface area (Å²) in [5, 5.41) is 8.54. The Morgan fingerprint density at radius 3 is 2.36 bits per heavy atom. The molecule has 116 valence electrons. The summed E-state index contributed by atoms with van der Waals surface area (Å²) < 4.78 is 12.5. The van der Waals surface area contributed by atoms with Gasteiger partial charge in [0.05, 0.1) is 0 Å². The molecule has 0 fully saturated rings. The minimum absolute atomic E-state index is 0.290. The van der Waals surface area contributed by atoms with Gasteiger partial charge in [0.15, 0.2) is 0 Å². The van der Waals surface area contributed by atoms with Crippen LogP contribution in [-0.2, 0) is 27.8 Å². The van der Waals surface area contributed by atoms with Crippen LogP contribution in [-0.4, -0.2) is 20.5 Å². The van der Waals surface area contributed by atoms with Gasteiger partial charge in [-0.3, -0.25) is 9.00 Å². The zero-order chi connectivity index (χ0) is 15.9. The highest BCUT2D eigenvalue weighted by molar-refractivity contribution is 7.85. The van der Waals surface area contributed by atoms with Gasteiger partial charge in [0.1, 0.15) is 5.25 Å². The second kappa shape index (κ2) is 7.90. The van der Waals surface area contributed by atoms with E-state index in [1.807, 2.05) is 61.5 Å². The van der Waals surface area contributed by atoms with E-state index in [0.717, 1.165) is 16.7 Å². The Bertz CT molecular complexity index is 652. The SMILES string of the molecule is Cc1ccccc1CS(=O)C(CCc1ccccc1)C(=O)O. The first-order chi connectivity index (χ1) is 10.6. The molecule has 0 saturated carbocycles. The van der Waals surface area contributed by atoms with Crippen LogP contribution in [0.2, 0.25) is 0 Å². The number of benzene rings is 2. The Balaban J connectivity index is 2.03. The molecule has 0 aliphatic rings. The second-order valence-electron chi connectivity index (χ2n) is 5.30. The lowest BCUT2D eigenvalue weighted by atomic mass is 10.1. The highest BCUT2D eigenvalue weighted by Crippen LogP contribution is 2.16. The highest BCUT2D eigenvalue weighted by Gasteiger charge is 2.24. The number of aryl methyl sites for hydroxylation is 2. The Kier molecular flexibility index (Phi) is 5.90. The first-order valence-electron chi connectivity index (χ1n) is 7.26. The van der Waals surface area contributed by atoms with Crippen molar-refractivity contribution in [3.8, 4) is 0 Å². The standard InChI is InChI=1S/C18H20O3S/c1-14-7-5-6-10-16(14)13-22(21)17(18(19)20)12-11-15-8-3-2-4-9-15/h2-10,17H,11-13H2,1H3,(H,19,20). The fraction of sp³-hybridized carbons (Fsp3) is 0.278. The Morgan fingerprint density at radius 1 is 1.09 bits per heavy atom. The number of carboxylic acids is 1. The summed E-state index contributed by atoms with van der Waals surface area (Å²) in [5.74, 6) is -0.693. The first-order valence-corrected chi connectivity index (χ1v) is 8.64. The average Bonchev–Trinajstić information content (AvgIpc) is 2.50. The van der Waals surface area contributed by atoms with Gasteiger partial charge < -0.3 is 5.11 Å². The van der Waals surface area contributed by atoms with Crippen molar-refractivity contribution in [2.45, 2.75) is 30.8 Å². The molecule has 0 spiro atoms. The number of rotatable bonds is 7. The number of aliphatic carboxylic acids is 1. The largest absolute Gasteiger partial charge is 0.480 e. The third kappa shape index (κ3) is 4.53. The third-order valence-electron chi connectivity index (χ3n) is 3.69. The summed E-state index contributed by atoms with van der Waals surface area (Å²) in [4.78, 5) is 11.4. The van der Waals surface area contributed by atoms with E-state index in [9.17, 15) is 14.1 Å². The molecule has 2 aromatic carbocycles. The molecular formula is C18H20O3S. The molecule has 2 unspecified atom stereocenters. The predicted octanol–water partition coefficient (Wildman–Crippen LogP) is 3.33. The lowest BCUT2D eigenvalue weighted by Crippen LogP contribution is -2.27. The van der Waals surface area contributed by atoms with Crippen LogP contribution in [0.1, 0.15) is 23.1 Å². The van der Waals surface area contributed by atoms with Gasteiger partial charge in [-0.25, -0.2) is 0 Å². The van der Waals surface area contributed by atoms with Crippen molar-refractivity contribution < 1.29 is 14.1 Å². The van der Waals surface area contributed by atoms with E-state index in [2.05, 4.69) is 0 Å². The number of carbonyl (C=O) groups is 1. The zero-order valence-electron chi connectivity index (χ0n) is 12.6. The van der Waals surface area contributed by atoms with Crippen LogP contribution >= 0.6 is 0 Å². The molecule has 0 aliphatic carbocycles. The average molecular weight is 316 g/mol. The van der Waals surface area contributed by atoms with E-state index in [-0.39, 0.29) is 0 Å². The number of carboxylic acid groups (broad SMARTS) is 1. The monoisotopic (exact) mass is 316 g/mol. The summed E-state index contributed by atoms with van der Waals surface area (Å²) in [6.07, 6.45) is 1.01. The maximum absolute atomic E-state index is 12.5. The molecular weight excluding hydrogens is 296 g/mol. The maximum atomic E-state index is 12.5. The van der Waals surface area contributed by atoms with Crippen molar-refractivity contribution in [2.24, 2.45) is 0 Å². The molecule has 0 aromatic heterocycles.